The third-order valence-electron chi connectivity index (χ3n) is 4.78. The van der Waals surface area contributed by atoms with Gasteiger partial charge in [0.1, 0.15) is 6.29 Å². The highest BCUT2D eigenvalue weighted by Gasteiger charge is 2.49. The molecule has 1 aromatic rings. The molecule has 1 saturated carbocycles. The Hall–Kier alpha value is -0.710. The molecular weight excluding hydrogens is 332 g/mol. The van der Waals surface area contributed by atoms with Gasteiger partial charge in [0.25, 0.3) is 0 Å². The number of hydrogen-bond donors (Lipinski definition) is 0. The first-order valence-corrected chi connectivity index (χ1v) is 8.51. The molecule has 114 valence electrons. The van der Waals surface area contributed by atoms with E-state index in [-0.39, 0.29) is 11.8 Å². The summed E-state index contributed by atoms with van der Waals surface area (Å²) < 4.78 is 13.0. The molecule has 1 aromatic carbocycles. The number of aryl methyl sites for hydroxylation is 1. The Bertz CT molecular complexity index is 497. The number of ether oxygens (including phenoxy) is 2. The summed E-state index contributed by atoms with van der Waals surface area (Å²) >= 11 is 3.60. The molecule has 1 aliphatic heterocycles. The fourth-order valence-electron chi connectivity index (χ4n) is 3.73. The Kier molecular flexibility index (Phi) is 4.77. The van der Waals surface area contributed by atoms with Gasteiger partial charge in [-0.15, -0.1) is 0 Å². The molecule has 0 N–H and O–H groups in total. The lowest BCUT2D eigenvalue weighted by atomic mass is 9.73. The van der Waals surface area contributed by atoms with E-state index in [0.717, 1.165) is 42.9 Å². The predicted octanol–water partition coefficient (Wildman–Crippen LogP) is 3.74. The zero-order chi connectivity index (χ0) is 14.7. The van der Waals surface area contributed by atoms with Crippen molar-refractivity contribution in [3.63, 3.8) is 0 Å². The van der Waals surface area contributed by atoms with Crippen LogP contribution in [0.25, 0.3) is 0 Å². The summed E-state index contributed by atoms with van der Waals surface area (Å²) in [5.41, 5.74) is 1.28. The van der Waals surface area contributed by atoms with Gasteiger partial charge in [-0.2, -0.15) is 0 Å². The van der Waals surface area contributed by atoms with Gasteiger partial charge in [0.2, 0.25) is 0 Å². The van der Waals surface area contributed by atoms with E-state index in [1.165, 1.54) is 5.56 Å². The van der Waals surface area contributed by atoms with Gasteiger partial charge in [-0.3, -0.25) is 0 Å². The molecule has 0 unspecified atom stereocenters. The van der Waals surface area contributed by atoms with Crippen LogP contribution >= 0.6 is 15.9 Å². The Morgan fingerprint density at radius 2 is 2.05 bits per heavy atom. The van der Waals surface area contributed by atoms with E-state index in [2.05, 4.69) is 34.1 Å². The summed E-state index contributed by atoms with van der Waals surface area (Å²) in [6.45, 7) is 1.30. The van der Waals surface area contributed by atoms with Gasteiger partial charge in [0.15, 0.2) is 5.79 Å². The van der Waals surface area contributed by atoms with Crippen LogP contribution in [0.4, 0.5) is 0 Å². The van der Waals surface area contributed by atoms with Gasteiger partial charge < -0.3 is 14.3 Å². The number of benzene rings is 1. The molecule has 0 amide bonds. The van der Waals surface area contributed by atoms with Gasteiger partial charge in [0, 0.05) is 22.7 Å². The van der Waals surface area contributed by atoms with Crippen molar-refractivity contribution in [3.8, 4) is 0 Å². The SMILES string of the molecule is O=C[C@H]1CCCC2(OCCO2)[C@H]1CCc1ccccc1Br. The molecule has 1 heterocycles. The number of rotatable bonds is 4. The largest absolute Gasteiger partial charge is 0.347 e. The van der Waals surface area contributed by atoms with Crippen LogP contribution in [0.3, 0.4) is 0 Å². The number of aldehydes is 1. The Labute approximate surface area is 134 Å². The first-order chi connectivity index (χ1) is 10.2. The van der Waals surface area contributed by atoms with Crippen molar-refractivity contribution in [2.24, 2.45) is 11.8 Å². The smallest absolute Gasteiger partial charge is 0.171 e. The Morgan fingerprint density at radius 1 is 1.29 bits per heavy atom. The van der Waals surface area contributed by atoms with Crippen LogP contribution < -0.4 is 0 Å². The summed E-state index contributed by atoms with van der Waals surface area (Å²) in [6, 6.07) is 8.27. The van der Waals surface area contributed by atoms with Crippen molar-refractivity contribution in [1.29, 1.82) is 0 Å². The molecule has 21 heavy (non-hydrogen) atoms. The maximum Gasteiger partial charge on any atom is 0.171 e. The number of hydrogen-bond acceptors (Lipinski definition) is 3. The molecule has 0 radical (unpaired) electrons. The van der Waals surface area contributed by atoms with Gasteiger partial charge in [-0.25, -0.2) is 0 Å². The molecule has 1 spiro atoms. The minimum Gasteiger partial charge on any atom is -0.347 e. The standard InChI is InChI=1S/C17H21BrO3/c18-16-6-2-1-4-13(16)7-8-15-14(12-19)5-3-9-17(15)20-10-11-21-17/h1-2,4,6,12,14-15H,3,5,7-11H2/t14-,15+/m1/s1. The lowest BCUT2D eigenvalue weighted by Gasteiger charge is -2.42. The molecule has 2 atom stereocenters. The molecule has 2 aliphatic rings. The average Bonchev–Trinajstić information content (AvgIpc) is 2.96. The minimum atomic E-state index is -0.509. The van der Waals surface area contributed by atoms with Crippen LogP contribution in [-0.4, -0.2) is 25.3 Å². The Balaban J connectivity index is 1.76. The van der Waals surface area contributed by atoms with Crippen LogP contribution in [0, 0.1) is 11.8 Å². The first kappa shape index (κ1) is 15.2. The van der Waals surface area contributed by atoms with Crippen LogP contribution in [0.1, 0.15) is 31.2 Å². The zero-order valence-electron chi connectivity index (χ0n) is 12.1. The van der Waals surface area contributed by atoms with E-state index < -0.39 is 5.79 Å². The maximum absolute atomic E-state index is 11.5. The van der Waals surface area contributed by atoms with E-state index in [0.29, 0.717) is 13.2 Å². The van der Waals surface area contributed by atoms with E-state index in [1.807, 2.05) is 6.07 Å². The van der Waals surface area contributed by atoms with Gasteiger partial charge >= 0.3 is 0 Å². The second-order valence-corrected chi connectivity index (χ2v) is 6.79. The lowest BCUT2D eigenvalue weighted by molar-refractivity contribution is -0.224. The van der Waals surface area contributed by atoms with Crippen LogP contribution in [0.2, 0.25) is 0 Å². The fourth-order valence-corrected chi connectivity index (χ4v) is 4.22. The number of carbonyl (C=O) groups excluding carboxylic acids is 1. The second-order valence-electron chi connectivity index (χ2n) is 5.94. The summed E-state index contributed by atoms with van der Waals surface area (Å²) in [6.07, 6.45) is 5.85. The predicted molar refractivity (Wildman–Crippen MR) is 84.0 cm³/mol. The normalized spacial score (nSPS) is 27.9. The van der Waals surface area contributed by atoms with E-state index in [4.69, 9.17) is 9.47 Å². The highest BCUT2D eigenvalue weighted by atomic mass is 79.9. The lowest BCUT2D eigenvalue weighted by Crippen LogP contribution is -2.47. The molecule has 4 heteroatoms. The molecule has 3 rings (SSSR count). The molecule has 0 bridgehead atoms. The molecule has 1 saturated heterocycles. The quantitative estimate of drug-likeness (QED) is 0.774. The number of carbonyl (C=O) groups is 1. The van der Waals surface area contributed by atoms with Crippen molar-refractivity contribution in [2.45, 2.75) is 37.9 Å². The third kappa shape index (κ3) is 3.08. The summed E-state index contributed by atoms with van der Waals surface area (Å²) in [5.74, 6) is -0.289. The molecule has 3 nitrogen and oxygen atoms in total. The second kappa shape index (κ2) is 6.59. The van der Waals surface area contributed by atoms with Crippen molar-refractivity contribution >= 4 is 22.2 Å². The topological polar surface area (TPSA) is 35.5 Å². The Morgan fingerprint density at radius 3 is 2.76 bits per heavy atom. The number of halogens is 1. The van der Waals surface area contributed by atoms with Crippen molar-refractivity contribution in [2.75, 3.05) is 13.2 Å². The van der Waals surface area contributed by atoms with E-state index in [1.54, 1.807) is 0 Å². The summed E-state index contributed by atoms with van der Waals surface area (Å²) in [7, 11) is 0. The highest BCUT2D eigenvalue weighted by molar-refractivity contribution is 9.10. The van der Waals surface area contributed by atoms with E-state index >= 15 is 0 Å². The van der Waals surface area contributed by atoms with Gasteiger partial charge in [0.05, 0.1) is 13.2 Å². The monoisotopic (exact) mass is 352 g/mol. The third-order valence-corrected chi connectivity index (χ3v) is 5.55. The van der Waals surface area contributed by atoms with Crippen LogP contribution in [0.15, 0.2) is 28.7 Å². The van der Waals surface area contributed by atoms with Crippen LogP contribution in [0.5, 0.6) is 0 Å². The average molecular weight is 353 g/mol. The first-order valence-electron chi connectivity index (χ1n) is 7.72. The minimum absolute atomic E-state index is 0.0549. The molecule has 0 aromatic heterocycles. The van der Waals surface area contributed by atoms with Gasteiger partial charge in [-0.1, -0.05) is 34.1 Å². The maximum atomic E-state index is 11.5. The van der Waals surface area contributed by atoms with Gasteiger partial charge in [-0.05, 0) is 37.3 Å². The van der Waals surface area contributed by atoms with Crippen molar-refractivity contribution < 1.29 is 14.3 Å². The van der Waals surface area contributed by atoms with Crippen LogP contribution in [-0.2, 0) is 20.7 Å². The molecular formula is C17H21BrO3. The fraction of sp³-hybridized carbons (Fsp3) is 0.588. The highest BCUT2D eigenvalue weighted by Crippen LogP contribution is 2.45. The summed E-state index contributed by atoms with van der Waals surface area (Å²) in [5, 5.41) is 0. The van der Waals surface area contributed by atoms with Crippen molar-refractivity contribution in [3.05, 3.63) is 34.3 Å². The van der Waals surface area contributed by atoms with Crippen molar-refractivity contribution in [1.82, 2.24) is 0 Å². The van der Waals surface area contributed by atoms with E-state index in [9.17, 15) is 4.79 Å². The molecule has 2 fully saturated rings. The zero-order valence-corrected chi connectivity index (χ0v) is 13.7. The molecule has 1 aliphatic carbocycles. The summed E-state index contributed by atoms with van der Waals surface area (Å²) in [4.78, 5) is 11.5.